The van der Waals surface area contributed by atoms with Crippen LogP contribution in [0.4, 0.5) is 11.6 Å². The SMILES string of the molecule is COc1cccc(CNc2cc(NN)nc(C)n2)c1. The lowest BCUT2D eigenvalue weighted by atomic mass is 10.2. The second kappa shape index (κ2) is 6.01. The van der Waals surface area contributed by atoms with Gasteiger partial charge in [0.25, 0.3) is 0 Å². The molecule has 0 atom stereocenters. The van der Waals surface area contributed by atoms with Crippen molar-refractivity contribution in [3.8, 4) is 5.75 Å². The second-order valence-electron chi connectivity index (χ2n) is 4.04. The van der Waals surface area contributed by atoms with Crippen LogP contribution in [0.2, 0.25) is 0 Å². The zero-order chi connectivity index (χ0) is 13.7. The number of nitrogens with zero attached hydrogens (tertiary/aromatic N) is 2. The van der Waals surface area contributed by atoms with Crippen LogP contribution in [0.1, 0.15) is 11.4 Å². The van der Waals surface area contributed by atoms with Gasteiger partial charge in [0.1, 0.15) is 23.2 Å². The summed E-state index contributed by atoms with van der Waals surface area (Å²) in [5.41, 5.74) is 3.62. The van der Waals surface area contributed by atoms with Gasteiger partial charge in [-0.25, -0.2) is 15.8 Å². The largest absolute Gasteiger partial charge is 0.497 e. The summed E-state index contributed by atoms with van der Waals surface area (Å²) in [6.07, 6.45) is 0. The molecule has 0 aliphatic carbocycles. The van der Waals surface area contributed by atoms with E-state index in [9.17, 15) is 0 Å². The van der Waals surface area contributed by atoms with E-state index in [1.54, 1.807) is 13.2 Å². The normalized spacial score (nSPS) is 10.1. The molecule has 0 radical (unpaired) electrons. The van der Waals surface area contributed by atoms with E-state index >= 15 is 0 Å². The zero-order valence-electron chi connectivity index (χ0n) is 11.0. The van der Waals surface area contributed by atoms with Gasteiger partial charge < -0.3 is 15.5 Å². The fourth-order valence-electron chi connectivity index (χ4n) is 1.71. The van der Waals surface area contributed by atoms with Crippen molar-refractivity contribution in [2.75, 3.05) is 17.9 Å². The Morgan fingerprint density at radius 2 is 2.00 bits per heavy atom. The third-order valence-corrected chi connectivity index (χ3v) is 2.59. The van der Waals surface area contributed by atoms with E-state index in [0.717, 1.165) is 17.1 Å². The Bertz CT molecular complexity index is 558. The van der Waals surface area contributed by atoms with Crippen LogP contribution in [0.5, 0.6) is 5.75 Å². The highest BCUT2D eigenvalue weighted by atomic mass is 16.5. The molecule has 4 N–H and O–H groups in total. The van der Waals surface area contributed by atoms with Crippen LogP contribution in [0.25, 0.3) is 0 Å². The molecule has 0 spiro atoms. The first-order chi connectivity index (χ1) is 9.21. The lowest BCUT2D eigenvalue weighted by Gasteiger charge is -2.09. The van der Waals surface area contributed by atoms with Gasteiger partial charge in [-0.1, -0.05) is 12.1 Å². The predicted octanol–water partition coefficient (Wildman–Crippen LogP) is 1.69. The van der Waals surface area contributed by atoms with Crippen molar-refractivity contribution in [3.63, 3.8) is 0 Å². The lowest BCUT2D eigenvalue weighted by Crippen LogP contribution is -2.11. The molecule has 2 rings (SSSR count). The zero-order valence-corrected chi connectivity index (χ0v) is 11.0. The van der Waals surface area contributed by atoms with Gasteiger partial charge in [-0.3, -0.25) is 0 Å². The number of nitrogens with one attached hydrogen (secondary N) is 2. The minimum Gasteiger partial charge on any atom is -0.497 e. The maximum Gasteiger partial charge on any atom is 0.145 e. The molecule has 0 aliphatic rings. The van der Waals surface area contributed by atoms with Gasteiger partial charge in [-0.2, -0.15) is 0 Å². The first-order valence-corrected chi connectivity index (χ1v) is 5.90. The van der Waals surface area contributed by atoms with Crippen LogP contribution in [0, 0.1) is 6.92 Å². The summed E-state index contributed by atoms with van der Waals surface area (Å²) in [6.45, 7) is 2.47. The summed E-state index contributed by atoms with van der Waals surface area (Å²) in [4.78, 5) is 8.42. The molecule has 0 saturated carbocycles. The average molecular weight is 259 g/mol. The monoisotopic (exact) mass is 259 g/mol. The molecule has 0 amide bonds. The number of aromatic nitrogens is 2. The highest BCUT2D eigenvalue weighted by molar-refractivity contribution is 5.47. The molecule has 2 aromatic rings. The van der Waals surface area contributed by atoms with Crippen LogP contribution < -0.4 is 21.3 Å². The average Bonchev–Trinajstić information content (AvgIpc) is 2.44. The van der Waals surface area contributed by atoms with Gasteiger partial charge in [0.2, 0.25) is 0 Å². The molecule has 6 heteroatoms. The van der Waals surface area contributed by atoms with E-state index in [0.29, 0.717) is 18.2 Å². The molecule has 1 aromatic heterocycles. The molecule has 0 fully saturated rings. The van der Waals surface area contributed by atoms with Crippen LogP contribution in [0.15, 0.2) is 30.3 Å². The van der Waals surface area contributed by atoms with E-state index in [1.807, 2.05) is 31.2 Å². The maximum absolute atomic E-state index is 5.35. The molecular formula is C13H17N5O. The van der Waals surface area contributed by atoms with Crippen LogP contribution in [0.3, 0.4) is 0 Å². The van der Waals surface area contributed by atoms with Crippen molar-refractivity contribution in [2.45, 2.75) is 13.5 Å². The molecule has 1 aromatic carbocycles. The molecule has 1 heterocycles. The fourth-order valence-corrected chi connectivity index (χ4v) is 1.71. The summed E-state index contributed by atoms with van der Waals surface area (Å²) in [6, 6.07) is 9.62. The van der Waals surface area contributed by atoms with E-state index in [2.05, 4.69) is 20.7 Å². The number of aryl methyl sites for hydroxylation is 1. The Kier molecular flexibility index (Phi) is 4.15. The predicted molar refractivity (Wildman–Crippen MR) is 74.9 cm³/mol. The minimum atomic E-state index is 0.584. The summed E-state index contributed by atoms with van der Waals surface area (Å²) >= 11 is 0. The molecule has 0 bridgehead atoms. The van der Waals surface area contributed by atoms with Crippen LogP contribution >= 0.6 is 0 Å². The van der Waals surface area contributed by atoms with E-state index in [1.165, 1.54) is 0 Å². The number of hydrazine groups is 1. The first kappa shape index (κ1) is 13.1. The van der Waals surface area contributed by atoms with Crippen molar-refractivity contribution in [1.29, 1.82) is 0 Å². The van der Waals surface area contributed by atoms with Crippen molar-refractivity contribution in [1.82, 2.24) is 9.97 Å². The highest BCUT2D eigenvalue weighted by Gasteiger charge is 2.01. The third kappa shape index (κ3) is 3.56. The minimum absolute atomic E-state index is 0.584. The molecular weight excluding hydrogens is 242 g/mol. The topological polar surface area (TPSA) is 85.1 Å². The quantitative estimate of drug-likeness (QED) is 0.559. The Morgan fingerprint density at radius 3 is 2.74 bits per heavy atom. The number of hydrogen-bond acceptors (Lipinski definition) is 6. The van der Waals surface area contributed by atoms with E-state index in [-0.39, 0.29) is 0 Å². The van der Waals surface area contributed by atoms with Crippen molar-refractivity contribution in [3.05, 3.63) is 41.7 Å². The number of methoxy groups -OCH3 is 1. The van der Waals surface area contributed by atoms with Gasteiger partial charge >= 0.3 is 0 Å². The number of benzene rings is 1. The maximum atomic E-state index is 5.35. The van der Waals surface area contributed by atoms with Gasteiger partial charge in [0, 0.05) is 12.6 Å². The van der Waals surface area contributed by atoms with Crippen LogP contribution in [-0.2, 0) is 6.54 Å². The highest BCUT2D eigenvalue weighted by Crippen LogP contribution is 2.15. The number of anilines is 2. The first-order valence-electron chi connectivity index (χ1n) is 5.90. The van der Waals surface area contributed by atoms with Crippen molar-refractivity contribution >= 4 is 11.6 Å². The molecule has 0 aliphatic heterocycles. The molecule has 19 heavy (non-hydrogen) atoms. The Balaban J connectivity index is 2.07. The molecule has 6 nitrogen and oxygen atoms in total. The van der Waals surface area contributed by atoms with Gasteiger partial charge in [-0.15, -0.1) is 0 Å². The molecule has 100 valence electrons. The Morgan fingerprint density at radius 1 is 1.21 bits per heavy atom. The van der Waals surface area contributed by atoms with Crippen molar-refractivity contribution in [2.24, 2.45) is 5.84 Å². The van der Waals surface area contributed by atoms with E-state index in [4.69, 9.17) is 10.6 Å². The van der Waals surface area contributed by atoms with Gasteiger partial charge in [0.05, 0.1) is 7.11 Å². The van der Waals surface area contributed by atoms with Crippen molar-refractivity contribution < 1.29 is 4.74 Å². The smallest absolute Gasteiger partial charge is 0.145 e. The fraction of sp³-hybridized carbons (Fsp3) is 0.231. The Labute approximate surface area is 112 Å². The summed E-state index contributed by atoms with van der Waals surface area (Å²) < 4.78 is 5.18. The standard InChI is InChI=1S/C13H17N5O/c1-9-16-12(7-13(17-9)18-14)15-8-10-4-3-5-11(6-10)19-2/h3-7H,8,14H2,1-2H3,(H2,15,16,17,18). The number of nitrogens with two attached hydrogens (primary N) is 1. The number of nitrogen functional groups attached to an aromatic ring is 1. The summed E-state index contributed by atoms with van der Waals surface area (Å²) in [5.74, 6) is 8.15. The van der Waals surface area contributed by atoms with E-state index < -0.39 is 0 Å². The van der Waals surface area contributed by atoms with Gasteiger partial charge in [-0.05, 0) is 24.6 Å². The lowest BCUT2D eigenvalue weighted by molar-refractivity contribution is 0.414. The van der Waals surface area contributed by atoms with Crippen LogP contribution in [-0.4, -0.2) is 17.1 Å². The number of ether oxygens (including phenoxy) is 1. The van der Waals surface area contributed by atoms with Gasteiger partial charge in [0.15, 0.2) is 0 Å². The second-order valence-corrected chi connectivity index (χ2v) is 4.04. The molecule has 0 unspecified atom stereocenters. The third-order valence-electron chi connectivity index (χ3n) is 2.59. The summed E-state index contributed by atoms with van der Waals surface area (Å²) in [7, 11) is 1.65. The number of hydrogen-bond donors (Lipinski definition) is 3. The molecule has 0 saturated heterocycles. The Hall–Kier alpha value is -2.34. The number of rotatable bonds is 5. The summed E-state index contributed by atoms with van der Waals surface area (Å²) in [5, 5.41) is 3.23.